The van der Waals surface area contributed by atoms with Crippen molar-refractivity contribution in [2.24, 2.45) is 34.6 Å². The van der Waals surface area contributed by atoms with Gasteiger partial charge in [-0.05, 0) is 49.2 Å². The Hall–Kier alpha value is -3.38. The van der Waals surface area contributed by atoms with Crippen LogP contribution < -0.4 is 0 Å². The molecule has 0 spiro atoms. The number of aryl methyl sites for hydroxylation is 2. The fourth-order valence-electron chi connectivity index (χ4n) is 4.01. The smallest absolute Gasteiger partial charge is 0.264 e. The van der Waals surface area contributed by atoms with Crippen LogP contribution >= 0.6 is 31.9 Å². The third-order valence-electron chi connectivity index (χ3n) is 6.01. The number of halogens is 2. The van der Waals surface area contributed by atoms with Gasteiger partial charge >= 0.3 is 0 Å². The molecule has 192 valence electrons. The second kappa shape index (κ2) is 11.3. The van der Waals surface area contributed by atoms with E-state index in [1.54, 1.807) is 23.2 Å². The van der Waals surface area contributed by atoms with Gasteiger partial charge in [0.15, 0.2) is 11.4 Å². The Morgan fingerprint density at radius 3 is 1.54 bits per heavy atom. The number of amides is 2. The Morgan fingerprint density at radius 2 is 1.14 bits per heavy atom. The van der Waals surface area contributed by atoms with Gasteiger partial charge in [-0.15, -0.1) is 20.5 Å². The van der Waals surface area contributed by atoms with E-state index in [-0.39, 0.29) is 36.0 Å². The number of fused-ring (bicyclic) bond motifs is 2. The highest BCUT2D eigenvalue weighted by atomic mass is 79.9. The molecule has 0 fully saturated rings. The van der Waals surface area contributed by atoms with E-state index in [0.29, 0.717) is 30.0 Å². The van der Waals surface area contributed by atoms with Crippen molar-refractivity contribution in [3.8, 4) is 11.8 Å². The summed E-state index contributed by atoms with van der Waals surface area (Å²) in [5, 5.41) is 37.5. The SMILES string of the molecule is Cn1c(O)c(N=NC(=O)CCCCCC(=O)N=Nc2c(O)n(C)c3ccc(Br)cc23)c2cc(Br)ccc21. The summed E-state index contributed by atoms with van der Waals surface area (Å²) >= 11 is 6.79. The summed E-state index contributed by atoms with van der Waals surface area (Å²) in [4.78, 5) is 24.3. The second-order valence-electron chi connectivity index (χ2n) is 8.53. The summed E-state index contributed by atoms with van der Waals surface area (Å²) in [5.41, 5.74) is 2.03. The Morgan fingerprint density at radius 1 is 0.730 bits per heavy atom. The Kier molecular flexibility index (Phi) is 8.18. The standard InChI is InChI=1S/C25H24Br2N6O4/c1-32-18-10-8-14(26)12-16(18)22(24(32)36)30-28-20(34)6-4-3-5-7-21(35)29-31-23-17-13-15(27)9-11-19(17)33(2)25(23)37/h8-13,36-37H,3-7H2,1-2H3. The van der Waals surface area contributed by atoms with Crippen LogP contribution in [0.3, 0.4) is 0 Å². The lowest BCUT2D eigenvalue weighted by atomic mass is 10.1. The van der Waals surface area contributed by atoms with Crippen molar-refractivity contribution in [3.63, 3.8) is 0 Å². The fourth-order valence-corrected chi connectivity index (χ4v) is 4.73. The average Bonchev–Trinajstić information content (AvgIpc) is 3.24. The summed E-state index contributed by atoms with van der Waals surface area (Å²) < 4.78 is 4.80. The molecular formula is C25H24Br2N6O4. The molecule has 0 aliphatic rings. The molecule has 4 rings (SSSR count). The molecule has 2 aromatic carbocycles. The van der Waals surface area contributed by atoms with Crippen LogP contribution in [0, 0.1) is 0 Å². The largest absolute Gasteiger partial charge is 0.493 e. The fraction of sp³-hybridized carbons (Fsp3) is 0.280. The number of carbonyl (C=O) groups is 2. The Labute approximate surface area is 229 Å². The van der Waals surface area contributed by atoms with E-state index < -0.39 is 11.8 Å². The number of azo groups is 2. The van der Waals surface area contributed by atoms with E-state index in [1.165, 1.54) is 0 Å². The number of hydrogen-bond acceptors (Lipinski definition) is 6. The van der Waals surface area contributed by atoms with Gasteiger partial charge in [0, 0.05) is 46.7 Å². The van der Waals surface area contributed by atoms with E-state index >= 15 is 0 Å². The third kappa shape index (κ3) is 5.80. The first kappa shape index (κ1) is 26.7. The molecule has 37 heavy (non-hydrogen) atoms. The maximum absolute atomic E-state index is 12.2. The lowest BCUT2D eigenvalue weighted by molar-refractivity contribution is -0.118. The normalized spacial score (nSPS) is 12.0. The maximum Gasteiger partial charge on any atom is 0.264 e. The summed E-state index contributed by atoms with van der Waals surface area (Å²) in [6, 6.07) is 11.0. The molecule has 0 unspecified atom stereocenters. The molecule has 2 N–H and O–H groups in total. The third-order valence-corrected chi connectivity index (χ3v) is 7.00. The molecule has 0 aliphatic heterocycles. The van der Waals surface area contributed by atoms with Crippen molar-refractivity contribution < 1.29 is 19.8 Å². The van der Waals surface area contributed by atoms with Gasteiger partial charge in [0.05, 0.1) is 11.0 Å². The monoisotopic (exact) mass is 630 g/mol. The van der Waals surface area contributed by atoms with Gasteiger partial charge < -0.3 is 19.3 Å². The molecule has 2 amide bonds. The number of aromatic hydroxyl groups is 2. The Balaban J connectivity index is 1.26. The minimum atomic E-state index is -0.407. The van der Waals surface area contributed by atoms with Crippen molar-refractivity contribution in [1.29, 1.82) is 0 Å². The van der Waals surface area contributed by atoms with Crippen LogP contribution in [0.5, 0.6) is 11.8 Å². The lowest BCUT2D eigenvalue weighted by Gasteiger charge is -1.97. The van der Waals surface area contributed by atoms with E-state index in [1.807, 2.05) is 36.4 Å². The number of unbranched alkanes of at least 4 members (excludes halogenated alkanes) is 2. The van der Waals surface area contributed by atoms with E-state index in [4.69, 9.17) is 0 Å². The molecule has 0 aliphatic carbocycles. The topological polar surface area (TPSA) is 134 Å². The minimum absolute atomic E-state index is 0.0678. The van der Waals surface area contributed by atoms with Gasteiger partial charge in [-0.2, -0.15) is 0 Å². The van der Waals surface area contributed by atoms with Crippen molar-refractivity contribution in [3.05, 3.63) is 45.3 Å². The Bertz CT molecular complexity index is 1450. The highest BCUT2D eigenvalue weighted by Crippen LogP contribution is 2.40. The van der Waals surface area contributed by atoms with Gasteiger partial charge in [-0.25, -0.2) is 0 Å². The molecule has 2 aromatic heterocycles. The van der Waals surface area contributed by atoms with Crippen LogP contribution in [0.1, 0.15) is 32.1 Å². The summed E-state index contributed by atoms with van der Waals surface area (Å²) in [5.74, 6) is -0.950. The number of aromatic nitrogens is 2. The number of hydrogen-bond donors (Lipinski definition) is 2. The van der Waals surface area contributed by atoms with Gasteiger partial charge in [0.2, 0.25) is 11.8 Å². The van der Waals surface area contributed by atoms with Gasteiger partial charge in [0.25, 0.3) is 11.8 Å². The summed E-state index contributed by atoms with van der Waals surface area (Å²) in [6.45, 7) is 0. The molecule has 0 radical (unpaired) electrons. The van der Waals surface area contributed by atoms with E-state index in [9.17, 15) is 19.8 Å². The molecule has 10 nitrogen and oxygen atoms in total. The number of nitrogens with zero attached hydrogens (tertiary/aromatic N) is 6. The predicted octanol–water partition coefficient (Wildman–Crippen LogP) is 7.48. The number of carbonyl (C=O) groups excluding carboxylic acids is 2. The van der Waals surface area contributed by atoms with Gasteiger partial charge in [0.1, 0.15) is 0 Å². The summed E-state index contributed by atoms with van der Waals surface area (Å²) in [7, 11) is 3.41. The zero-order valence-electron chi connectivity index (χ0n) is 20.1. The first-order valence-electron chi connectivity index (χ1n) is 11.5. The molecular weight excluding hydrogens is 608 g/mol. The van der Waals surface area contributed by atoms with E-state index in [2.05, 4.69) is 52.3 Å². The van der Waals surface area contributed by atoms with Crippen LogP contribution in [0.4, 0.5) is 11.4 Å². The van der Waals surface area contributed by atoms with Crippen LogP contribution in [0.15, 0.2) is 65.8 Å². The zero-order chi connectivity index (χ0) is 26.7. The maximum atomic E-state index is 12.2. The first-order chi connectivity index (χ1) is 17.7. The molecule has 0 saturated carbocycles. The van der Waals surface area contributed by atoms with Crippen molar-refractivity contribution in [1.82, 2.24) is 9.13 Å². The molecule has 0 saturated heterocycles. The van der Waals surface area contributed by atoms with Gasteiger partial charge in [-0.1, -0.05) is 38.3 Å². The zero-order valence-corrected chi connectivity index (χ0v) is 23.3. The number of rotatable bonds is 8. The second-order valence-corrected chi connectivity index (χ2v) is 10.4. The number of benzene rings is 2. The van der Waals surface area contributed by atoms with Crippen molar-refractivity contribution >= 4 is 76.9 Å². The molecule has 12 heteroatoms. The van der Waals surface area contributed by atoms with Crippen molar-refractivity contribution in [2.45, 2.75) is 32.1 Å². The lowest BCUT2D eigenvalue weighted by Crippen LogP contribution is -1.94. The minimum Gasteiger partial charge on any atom is -0.493 e. The molecule has 4 aromatic rings. The van der Waals surface area contributed by atoms with Gasteiger partial charge in [-0.3, -0.25) is 9.59 Å². The molecule has 0 atom stereocenters. The highest BCUT2D eigenvalue weighted by molar-refractivity contribution is 9.10. The quantitative estimate of drug-likeness (QED) is 0.154. The predicted molar refractivity (Wildman–Crippen MR) is 147 cm³/mol. The average molecular weight is 632 g/mol. The summed E-state index contributed by atoms with van der Waals surface area (Å²) in [6.07, 6.45) is 2.04. The van der Waals surface area contributed by atoms with Crippen LogP contribution in [-0.4, -0.2) is 31.2 Å². The van der Waals surface area contributed by atoms with Crippen LogP contribution in [0.25, 0.3) is 21.8 Å². The van der Waals surface area contributed by atoms with Crippen molar-refractivity contribution in [2.75, 3.05) is 0 Å². The molecule has 0 bridgehead atoms. The molecule has 2 heterocycles. The van der Waals surface area contributed by atoms with E-state index in [0.717, 1.165) is 20.0 Å². The highest BCUT2D eigenvalue weighted by Gasteiger charge is 2.16. The first-order valence-corrected chi connectivity index (χ1v) is 13.1. The van der Waals surface area contributed by atoms with Crippen LogP contribution in [-0.2, 0) is 23.7 Å². The van der Waals surface area contributed by atoms with Crippen LogP contribution in [0.2, 0.25) is 0 Å².